The summed E-state index contributed by atoms with van der Waals surface area (Å²) in [5.41, 5.74) is 0.809. The first-order valence-electron chi connectivity index (χ1n) is 10.1. The molecule has 2 atom stereocenters. The van der Waals surface area contributed by atoms with Crippen molar-refractivity contribution in [3.63, 3.8) is 0 Å². The number of hydrogen-bond acceptors (Lipinski definition) is 4. The lowest BCUT2D eigenvalue weighted by Gasteiger charge is -2.42. The number of aryl methyl sites for hydroxylation is 2. The molecule has 30 heavy (non-hydrogen) atoms. The van der Waals surface area contributed by atoms with E-state index in [4.69, 9.17) is 0 Å². The molecule has 0 heterocycles. The fraction of sp³-hybridized carbons (Fsp3) is 0.308. The van der Waals surface area contributed by atoms with Crippen LogP contribution in [0.4, 0.5) is 0 Å². The minimum atomic E-state index is -1.73. The molecule has 4 nitrogen and oxygen atoms in total. The van der Waals surface area contributed by atoms with Crippen LogP contribution < -0.4 is 0 Å². The minimum absolute atomic E-state index is 0.134. The van der Waals surface area contributed by atoms with E-state index in [9.17, 15) is 19.8 Å². The first-order valence-corrected chi connectivity index (χ1v) is 10.1. The number of aliphatic hydroxyl groups is 2. The standard InChI is InChI=1S/C26H28O4/c1-17-5-9-20(10-6-17)13-22(19(3)27)26(30)15-24(28)23(25(4,29)16-26)14-21-11-7-18(2)8-12-21/h5-14,29-30H,15-16H2,1-4H3/b22-13+,23-14+/t25-,26-/m0/s1. The summed E-state index contributed by atoms with van der Waals surface area (Å²) in [5, 5.41) is 22.4. The molecule has 3 rings (SSSR count). The van der Waals surface area contributed by atoms with Gasteiger partial charge in [-0.3, -0.25) is 9.59 Å². The lowest BCUT2D eigenvalue weighted by molar-refractivity contribution is -0.130. The van der Waals surface area contributed by atoms with Crippen molar-refractivity contribution in [2.75, 3.05) is 0 Å². The Morgan fingerprint density at radius 1 is 0.933 bits per heavy atom. The van der Waals surface area contributed by atoms with Crippen LogP contribution in [0.1, 0.15) is 48.9 Å². The molecule has 2 N–H and O–H groups in total. The van der Waals surface area contributed by atoms with E-state index in [1.54, 1.807) is 12.2 Å². The monoisotopic (exact) mass is 404 g/mol. The van der Waals surface area contributed by atoms with Gasteiger partial charge in [0, 0.05) is 24.0 Å². The molecule has 2 aromatic carbocycles. The van der Waals surface area contributed by atoms with E-state index in [1.165, 1.54) is 13.8 Å². The zero-order valence-corrected chi connectivity index (χ0v) is 17.9. The summed E-state index contributed by atoms with van der Waals surface area (Å²) < 4.78 is 0. The molecule has 1 fully saturated rings. The van der Waals surface area contributed by atoms with Crippen LogP contribution in [0.5, 0.6) is 0 Å². The predicted molar refractivity (Wildman–Crippen MR) is 119 cm³/mol. The summed E-state index contributed by atoms with van der Waals surface area (Å²) in [6, 6.07) is 15.2. The quantitative estimate of drug-likeness (QED) is 0.749. The Morgan fingerprint density at radius 2 is 1.43 bits per heavy atom. The van der Waals surface area contributed by atoms with Crippen LogP contribution >= 0.6 is 0 Å². The Kier molecular flexibility index (Phi) is 5.93. The third kappa shape index (κ3) is 4.66. The highest BCUT2D eigenvalue weighted by atomic mass is 16.3. The maximum atomic E-state index is 13.0. The average Bonchev–Trinajstić information content (AvgIpc) is 2.64. The van der Waals surface area contributed by atoms with Gasteiger partial charge < -0.3 is 10.2 Å². The van der Waals surface area contributed by atoms with Gasteiger partial charge in [0.05, 0.1) is 5.60 Å². The van der Waals surface area contributed by atoms with Crippen LogP contribution in [0.25, 0.3) is 12.2 Å². The number of hydrogen-bond donors (Lipinski definition) is 2. The Hall–Kier alpha value is -2.82. The van der Waals surface area contributed by atoms with E-state index in [-0.39, 0.29) is 35.6 Å². The summed E-state index contributed by atoms with van der Waals surface area (Å²) in [7, 11) is 0. The van der Waals surface area contributed by atoms with Crippen molar-refractivity contribution in [2.45, 2.75) is 51.7 Å². The minimum Gasteiger partial charge on any atom is -0.385 e. The van der Waals surface area contributed by atoms with Crippen molar-refractivity contribution < 1.29 is 19.8 Å². The summed E-state index contributed by atoms with van der Waals surface area (Å²) in [6.07, 6.45) is 2.89. The summed E-state index contributed by atoms with van der Waals surface area (Å²) in [4.78, 5) is 25.4. The molecule has 4 heteroatoms. The lowest BCUT2D eigenvalue weighted by atomic mass is 9.68. The molecule has 156 valence electrons. The summed E-state index contributed by atoms with van der Waals surface area (Å²) in [5.74, 6) is -0.696. The van der Waals surface area contributed by atoms with E-state index in [2.05, 4.69) is 0 Å². The smallest absolute Gasteiger partial charge is 0.164 e. The topological polar surface area (TPSA) is 74.6 Å². The zero-order valence-electron chi connectivity index (χ0n) is 17.9. The SMILES string of the molecule is CC(=O)/C(=C\c1ccc(C)cc1)[C@]1(O)CC(=O)/C(=C\c2ccc(C)cc2)[C@@](C)(O)C1. The third-order valence-electron chi connectivity index (χ3n) is 5.63. The van der Waals surface area contributed by atoms with E-state index in [0.29, 0.717) is 0 Å². The van der Waals surface area contributed by atoms with Gasteiger partial charge >= 0.3 is 0 Å². The van der Waals surface area contributed by atoms with Gasteiger partial charge in [-0.25, -0.2) is 0 Å². The molecule has 0 spiro atoms. The Balaban J connectivity index is 1.99. The van der Waals surface area contributed by atoms with E-state index in [0.717, 1.165) is 22.3 Å². The molecule has 0 radical (unpaired) electrons. The van der Waals surface area contributed by atoms with Gasteiger partial charge in [0.1, 0.15) is 5.60 Å². The third-order valence-corrected chi connectivity index (χ3v) is 5.63. The van der Waals surface area contributed by atoms with Crippen molar-refractivity contribution in [2.24, 2.45) is 0 Å². The molecule has 0 saturated heterocycles. The molecule has 1 saturated carbocycles. The van der Waals surface area contributed by atoms with E-state index >= 15 is 0 Å². The largest absolute Gasteiger partial charge is 0.385 e. The van der Waals surface area contributed by atoms with Crippen LogP contribution in [-0.2, 0) is 9.59 Å². The van der Waals surface area contributed by atoms with Crippen molar-refractivity contribution in [1.29, 1.82) is 0 Å². The summed E-state index contributed by atoms with van der Waals surface area (Å²) in [6.45, 7) is 6.82. The summed E-state index contributed by atoms with van der Waals surface area (Å²) >= 11 is 0. The van der Waals surface area contributed by atoms with Gasteiger partial charge in [0.25, 0.3) is 0 Å². The van der Waals surface area contributed by atoms with Crippen molar-refractivity contribution in [3.8, 4) is 0 Å². The second-order valence-corrected chi connectivity index (χ2v) is 8.58. The fourth-order valence-corrected chi connectivity index (χ4v) is 4.04. The molecule has 0 aromatic heterocycles. The first-order chi connectivity index (χ1) is 14.0. The first kappa shape index (κ1) is 21.9. The highest BCUT2D eigenvalue weighted by Crippen LogP contribution is 2.42. The van der Waals surface area contributed by atoms with Gasteiger partial charge in [-0.1, -0.05) is 59.7 Å². The van der Waals surface area contributed by atoms with Gasteiger partial charge in [0.2, 0.25) is 0 Å². The molecule has 1 aliphatic carbocycles. The number of carbonyl (C=O) groups is 2. The highest BCUT2D eigenvalue weighted by molar-refractivity contribution is 6.06. The number of rotatable bonds is 4. The number of carbonyl (C=O) groups excluding carboxylic acids is 2. The van der Waals surface area contributed by atoms with Crippen LogP contribution in [0.15, 0.2) is 59.7 Å². The number of Topliss-reactive ketones (excluding diaryl/α,β-unsaturated/α-hetero) is 2. The van der Waals surface area contributed by atoms with Crippen LogP contribution in [0.2, 0.25) is 0 Å². The highest BCUT2D eigenvalue weighted by Gasteiger charge is 2.50. The molecule has 1 aliphatic rings. The van der Waals surface area contributed by atoms with E-state index < -0.39 is 11.2 Å². The molecule has 0 unspecified atom stereocenters. The zero-order chi connectivity index (χ0) is 22.1. The second-order valence-electron chi connectivity index (χ2n) is 8.58. The molecular weight excluding hydrogens is 376 g/mol. The molecule has 0 amide bonds. The predicted octanol–water partition coefficient (Wildman–Crippen LogP) is 4.20. The van der Waals surface area contributed by atoms with Gasteiger partial charge in [0.15, 0.2) is 11.6 Å². The van der Waals surface area contributed by atoms with Crippen molar-refractivity contribution >= 4 is 23.7 Å². The maximum absolute atomic E-state index is 13.0. The van der Waals surface area contributed by atoms with Crippen LogP contribution in [0, 0.1) is 13.8 Å². The normalized spacial score (nSPS) is 26.1. The van der Waals surface area contributed by atoms with Crippen molar-refractivity contribution in [3.05, 3.63) is 81.9 Å². The van der Waals surface area contributed by atoms with Gasteiger partial charge in [-0.15, -0.1) is 0 Å². The molecule has 2 aromatic rings. The van der Waals surface area contributed by atoms with Crippen LogP contribution in [0.3, 0.4) is 0 Å². The Morgan fingerprint density at radius 3 is 1.90 bits per heavy atom. The fourth-order valence-electron chi connectivity index (χ4n) is 4.04. The molecule has 0 aliphatic heterocycles. The van der Waals surface area contributed by atoms with Crippen LogP contribution in [-0.4, -0.2) is 33.0 Å². The van der Waals surface area contributed by atoms with Crippen molar-refractivity contribution in [1.82, 2.24) is 0 Å². The lowest BCUT2D eigenvalue weighted by Crippen LogP contribution is -2.51. The molecular formula is C26H28O4. The molecule has 0 bridgehead atoms. The second kappa shape index (κ2) is 8.13. The average molecular weight is 405 g/mol. The Labute approximate surface area is 177 Å². The van der Waals surface area contributed by atoms with Gasteiger partial charge in [-0.05, 0) is 51.0 Å². The van der Waals surface area contributed by atoms with Gasteiger partial charge in [-0.2, -0.15) is 0 Å². The maximum Gasteiger partial charge on any atom is 0.164 e. The Bertz CT molecular complexity index is 1020. The van der Waals surface area contributed by atoms with E-state index in [1.807, 2.05) is 62.4 Å². The number of benzene rings is 2. The number of ketones is 2.